The normalized spacial score (nSPS) is 29.1. The summed E-state index contributed by atoms with van der Waals surface area (Å²) in [6.45, 7) is 6.56. The van der Waals surface area contributed by atoms with E-state index in [0.29, 0.717) is 6.54 Å². The Morgan fingerprint density at radius 2 is 1.95 bits per heavy atom. The van der Waals surface area contributed by atoms with Gasteiger partial charge < -0.3 is 16.0 Å². The smallest absolute Gasteiger partial charge is 0.229 e. The van der Waals surface area contributed by atoms with Crippen LogP contribution in [0.5, 0.6) is 0 Å². The van der Waals surface area contributed by atoms with Crippen LogP contribution in [0.1, 0.15) is 52.4 Å². The average molecular weight is 295 g/mol. The zero-order valence-electron chi connectivity index (χ0n) is 13.4. The maximum absolute atomic E-state index is 13.2. The van der Waals surface area contributed by atoms with E-state index in [4.69, 9.17) is 5.73 Å². The van der Waals surface area contributed by atoms with Gasteiger partial charge in [0.2, 0.25) is 11.8 Å². The summed E-state index contributed by atoms with van der Waals surface area (Å²) in [5, 5.41) is 3.35. The summed E-state index contributed by atoms with van der Waals surface area (Å²) in [5.74, 6) is -0.190. The Balaban J connectivity index is 2.16. The lowest BCUT2D eigenvalue weighted by atomic mass is 9.73. The summed E-state index contributed by atoms with van der Waals surface area (Å²) in [5.41, 5.74) is 5.23. The lowest BCUT2D eigenvalue weighted by molar-refractivity contribution is -0.150. The van der Waals surface area contributed by atoms with Crippen molar-refractivity contribution in [2.24, 2.45) is 17.1 Å². The van der Waals surface area contributed by atoms with Crippen molar-refractivity contribution in [3.63, 3.8) is 0 Å². The molecule has 5 nitrogen and oxygen atoms in total. The third kappa shape index (κ3) is 3.39. The number of nitrogens with zero attached hydrogens (tertiary/aromatic N) is 1. The standard InChI is InChI=1S/C16H29N3O2/c1-3-6-16(7-9-18-10-8-16)15(21)19-11-13(14(17)20)5-4-12(19)2/h12-13,18H,3-11H2,1-2H3,(H2,17,20). The molecule has 0 spiro atoms. The van der Waals surface area contributed by atoms with Gasteiger partial charge in [-0.2, -0.15) is 0 Å². The first-order chi connectivity index (χ1) is 10.00. The molecule has 0 bridgehead atoms. The number of nitrogens with one attached hydrogen (secondary N) is 1. The van der Waals surface area contributed by atoms with Crippen LogP contribution in [-0.4, -0.2) is 42.4 Å². The number of carbonyl (C=O) groups excluding carboxylic acids is 2. The van der Waals surface area contributed by atoms with Gasteiger partial charge in [-0.25, -0.2) is 0 Å². The number of carbonyl (C=O) groups is 2. The third-order valence-electron chi connectivity index (χ3n) is 5.29. The van der Waals surface area contributed by atoms with Crippen LogP contribution in [0.4, 0.5) is 0 Å². The van der Waals surface area contributed by atoms with Crippen LogP contribution < -0.4 is 11.1 Å². The van der Waals surface area contributed by atoms with Crippen LogP contribution in [0.3, 0.4) is 0 Å². The molecule has 2 unspecified atom stereocenters. The number of primary amides is 1. The molecule has 2 heterocycles. The zero-order chi connectivity index (χ0) is 15.5. The Hall–Kier alpha value is -1.10. The van der Waals surface area contributed by atoms with Crippen molar-refractivity contribution in [1.29, 1.82) is 0 Å². The van der Waals surface area contributed by atoms with Crippen LogP contribution in [0.25, 0.3) is 0 Å². The maximum Gasteiger partial charge on any atom is 0.229 e. The van der Waals surface area contributed by atoms with E-state index in [9.17, 15) is 9.59 Å². The summed E-state index contributed by atoms with van der Waals surface area (Å²) >= 11 is 0. The Morgan fingerprint density at radius 1 is 1.29 bits per heavy atom. The first kappa shape index (κ1) is 16.3. The highest BCUT2D eigenvalue weighted by Crippen LogP contribution is 2.38. The average Bonchev–Trinajstić information content (AvgIpc) is 2.48. The van der Waals surface area contributed by atoms with Gasteiger partial charge in [-0.15, -0.1) is 0 Å². The number of rotatable bonds is 4. The van der Waals surface area contributed by atoms with E-state index in [0.717, 1.165) is 51.6 Å². The van der Waals surface area contributed by atoms with Crippen LogP contribution in [0.2, 0.25) is 0 Å². The molecular weight excluding hydrogens is 266 g/mol. The van der Waals surface area contributed by atoms with E-state index < -0.39 is 0 Å². The van der Waals surface area contributed by atoms with Gasteiger partial charge in [-0.05, 0) is 52.1 Å². The van der Waals surface area contributed by atoms with Crippen molar-refractivity contribution in [1.82, 2.24) is 10.2 Å². The van der Waals surface area contributed by atoms with Crippen molar-refractivity contribution < 1.29 is 9.59 Å². The first-order valence-corrected chi connectivity index (χ1v) is 8.31. The number of hydrogen-bond donors (Lipinski definition) is 2. The third-order valence-corrected chi connectivity index (χ3v) is 5.29. The monoisotopic (exact) mass is 295 g/mol. The molecule has 0 aromatic rings. The predicted molar refractivity (Wildman–Crippen MR) is 82.5 cm³/mol. The molecule has 0 aromatic carbocycles. The highest BCUT2D eigenvalue weighted by Gasteiger charge is 2.44. The Kier molecular flexibility index (Phi) is 5.25. The highest BCUT2D eigenvalue weighted by molar-refractivity contribution is 5.84. The minimum absolute atomic E-state index is 0.175. The van der Waals surface area contributed by atoms with Gasteiger partial charge in [0.05, 0.1) is 11.3 Å². The number of piperidine rings is 2. The molecule has 0 radical (unpaired) electrons. The van der Waals surface area contributed by atoms with Crippen molar-refractivity contribution >= 4 is 11.8 Å². The molecule has 2 amide bonds. The number of amides is 2. The van der Waals surface area contributed by atoms with Crippen molar-refractivity contribution in [3.05, 3.63) is 0 Å². The SMILES string of the molecule is CCCC1(C(=O)N2CC(C(N)=O)CCC2C)CCNCC1. The molecule has 2 fully saturated rings. The van der Waals surface area contributed by atoms with Gasteiger partial charge >= 0.3 is 0 Å². The second-order valence-electron chi connectivity index (χ2n) is 6.76. The number of nitrogens with two attached hydrogens (primary N) is 1. The van der Waals surface area contributed by atoms with Gasteiger partial charge in [0.25, 0.3) is 0 Å². The fourth-order valence-electron chi connectivity index (χ4n) is 3.88. The summed E-state index contributed by atoms with van der Waals surface area (Å²) in [6.07, 6.45) is 5.46. The molecule has 2 saturated heterocycles. The molecule has 120 valence electrons. The number of hydrogen-bond acceptors (Lipinski definition) is 3. The summed E-state index contributed by atoms with van der Waals surface area (Å²) in [6, 6.07) is 0.219. The molecule has 0 aliphatic carbocycles. The summed E-state index contributed by atoms with van der Waals surface area (Å²) in [4.78, 5) is 26.6. The fraction of sp³-hybridized carbons (Fsp3) is 0.875. The second-order valence-corrected chi connectivity index (χ2v) is 6.76. The quantitative estimate of drug-likeness (QED) is 0.820. The Morgan fingerprint density at radius 3 is 2.52 bits per heavy atom. The Labute approximate surface area is 127 Å². The van der Waals surface area contributed by atoms with Gasteiger partial charge in [0.1, 0.15) is 0 Å². The van der Waals surface area contributed by atoms with Crippen molar-refractivity contribution in [3.8, 4) is 0 Å². The van der Waals surface area contributed by atoms with Crippen LogP contribution in [0, 0.1) is 11.3 Å². The van der Waals surface area contributed by atoms with Crippen LogP contribution in [-0.2, 0) is 9.59 Å². The van der Waals surface area contributed by atoms with E-state index in [-0.39, 0.29) is 29.2 Å². The summed E-state index contributed by atoms with van der Waals surface area (Å²) < 4.78 is 0. The van der Waals surface area contributed by atoms with Crippen LogP contribution >= 0.6 is 0 Å². The van der Waals surface area contributed by atoms with E-state index in [1.807, 2.05) is 4.90 Å². The predicted octanol–water partition coefficient (Wildman–Crippen LogP) is 1.27. The molecule has 2 aliphatic heterocycles. The molecule has 0 saturated carbocycles. The van der Waals surface area contributed by atoms with E-state index in [1.54, 1.807) is 0 Å². The molecule has 2 atom stereocenters. The molecule has 2 aliphatic rings. The summed E-state index contributed by atoms with van der Waals surface area (Å²) in [7, 11) is 0. The molecule has 3 N–H and O–H groups in total. The van der Waals surface area contributed by atoms with Gasteiger partial charge in [-0.3, -0.25) is 9.59 Å². The van der Waals surface area contributed by atoms with Crippen molar-refractivity contribution in [2.75, 3.05) is 19.6 Å². The minimum Gasteiger partial charge on any atom is -0.369 e. The molecule has 2 rings (SSSR count). The lowest BCUT2D eigenvalue weighted by Gasteiger charge is -2.45. The second kappa shape index (κ2) is 6.77. The van der Waals surface area contributed by atoms with Crippen LogP contribution in [0.15, 0.2) is 0 Å². The molecule has 21 heavy (non-hydrogen) atoms. The lowest BCUT2D eigenvalue weighted by Crippen LogP contribution is -2.55. The zero-order valence-corrected chi connectivity index (χ0v) is 13.4. The van der Waals surface area contributed by atoms with Gasteiger partial charge in [0, 0.05) is 12.6 Å². The maximum atomic E-state index is 13.2. The Bertz CT molecular complexity index is 385. The largest absolute Gasteiger partial charge is 0.369 e. The molecule has 5 heteroatoms. The first-order valence-electron chi connectivity index (χ1n) is 8.31. The fourth-order valence-corrected chi connectivity index (χ4v) is 3.88. The molecule has 0 aromatic heterocycles. The minimum atomic E-state index is -0.269. The number of likely N-dealkylation sites (tertiary alicyclic amines) is 1. The van der Waals surface area contributed by atoms with E-state index in [2.05, 4.69) is 19.2 Å². The van der Waals surface area contributed by atoms with Gasteiger partial charge in [-0.1, -0.05) is 13.3 Å². The molecular formula is C16H29N3O2. The van der Waals surface area contributed by atoms with E-state index >= 15 is 0 Å². The van der Waals surface area contributed by atoms with Crippen molar-refractivity contribution in [2.45, 2.75) is 58.4 Å². The van der Waals surface area contributed by atoms with E-state index in [1.165, 1.54) is 0 Å². The topological polar surface area (TPSA) is 75.4 Å². The highest BCUT2D eigenvalue weighted by atomic mass is 16.2. The van der Waals surface area contributed by atoms with Gasteiger partial charge in [0.15, 0.2) is 0 Å².